The van der Waals surface area contributed by atoms with Gasteiger partial charge in [0.05, 0.1) is 14.2 Å². The minimum Gasteiger partial charge on any atom is -0.496 e. The molecule has 0 amide bonds. The van der Waals surface area contributed by atoms with Gasteiger partial charge >= 0.3 is 0 Å². The third kappa shape index (κ3) is 1.78. The van der Waals surface area contributed by atoms with Crippen LogP contribution in [-0.4, -0.2) is 14.2 Å². The Morgan fingerprint density at radius 2 is 1.71 bits per heavy atom. The van der Waals surface area contributed by atoms with E-state index >= 15 is 0 Å². The average molecular weight is 267 g/mol. The normalized spacial score (nSPS) is 11.9. The van der Waals surface area contributed by atoms with Crippen LogP contribution in [0, 0.1) is 0 Å². The Bertz CT molecular complexity index is 359. The fourth-order valence-corrected chi connectivity index (χ4v) is 1.68. The molecule has 0 spiro atoms. The smallest absolute Gasteiger partial charge is 0.126 e. The van der Waals surface area contributed by atoms with E-state index in [2.05, 4.69) is 12.2 Å². The molecule has 0 bridgehead atoms. The SMILES string of the molecule is COc1ccc(OC)c2c1C=CC2.[Zr]. The number of rotatable bonds is 2. The molecule has 3 heteroatoms. The Kier molecular flexibility index (Phi) is 3.94. The maximum absolute atomic E-state index is 5.26. The van der Waals surface area contributed by atoms with Crippen LogP contribution in [0.2, 0.25) is 0 Å². The summed E-state index contributed by atoms with van der Waals surface area (Å²) in [4.78, 5) is 0. The molecule has 0 saturated heterocycles. The molecule has 0 radical (unpaired) electrons. The summed E-state index contributed by atoms with van der Waals surface area (Å²) in [7, 11) is 3.38. The van der Waals surface area contributed by atoms with Gasteiger partial charge in [0.25, 0.3) is 0 Å². The van der Waals surface area contributed by atoms with Crippen LogP contribution in [0.5, 0.6) is 11.5 Å². The number of hydrogen-bond donors (Lipinski definition) is 0. The zero-order chi connectivity index (χ0) is 9.26. The molecule has 0 aliphatic heterocycles. The van der Waals surface area contributed by atoms with Gasteiger partial charge in [0, 0.05) is 37.3 Å². The molecule has 1 aliphatic rings. The average Bonchev–Trinajstić information content (AvgIpc) is 2.64. The van der Waals surface area contributed by atoms with Gasteiger partial charge in [-0.2, -0.15) is 0 Å². The van der Waals surface area contributed by atoms with Crippen LogP contribution in [0.1, 0.15) is 11.1 Å². The predicted molar refractivity (Wildman–Crippen MR) is 52.3 cm³/mol. The van der Waals surface area contributed by atoms with Crippen molar-refractivity contribution in [3.8, 4) is 11.5 Å². The third-order valence-corrected chi connectivity index (χ3v) is 2.32. The number of benzene rings is 1. The van der Waals surface area contributed by atoms with Gasteiger partial charge in [0.1, 0.15) is 11.5 Å². The summed E-state index contributed by atoms with van der Waals surface area (Å²) in [6, 6.07) is 3.89. The first-order valence-corrected chi connectivity index (χ1v) is 4.27. The fourth-order valence-electron chi connectivity index (χ4n) is 1.68. The number of hydrogen-bond acceptors (Lipinski definition) is 2. The largest absolute Gasteiger partial charge is 0.496 e. The summed E-state index contributed by atoms with van der Waals surface area (Å²) in [5.41, 5.74) is 2.38. The molecule has 1 aromatic rings. The van der Waals surface area contributed by atoms with Crippen molar-refractivity contribution in [2.75, 3.05) is 14.2 Å². The monoisotopic (exact) mass is 266 g/mol. The summed E-state index contributed by atoms with van der Waals surface area (Å²) in [5.74, 6) is 1.87. The Morgan fingerprint density at radius 3 is 2.36 bits per heavy atom. The summed E-state index contributed by atoms with van der Waals surface area (Å²) in [6.45, 7) is 0. The van der Waals surface area contributed by atoms with E-state index in [0.717, 1.165) is 23.5 Å². The number of ether oxygens (including phenoxy) is 2. The van der Waals surface area contributed by atoms with E-state index < -0.39 is 0 Å². The summed E-state index contributed by atoms with van der Waals surface area (Å²) in [5, 5.41) is 0. The van der Waals surface area contributed by atoms with Gasteiger partial charge in [0.15, 0.2) is 0 Å². The van der Waals surface area contributed by atoms with E-state index in [1.165, 1.54) is 5.56 Å². The second-order valence-corrected chi connectivity index (χ2v) is 2.97. The van der Waals surface area contributed by atoms with Gasteiger partial charge < -0.3 is 9.47 Å². The molecule has 0 heterocycles. The van der Waals surface area contributed by atoms with E-state index in [4.69, 9.17) is 9.47 Å². The van der Waals surface area contributed by atoms with Gasteiger partial charge in [-0.1, -0.05) is 12.2 Å². The van der Waals surface area contributed by atoms with Crippen LogP contribution in [0.3, 0.4) is 0 Å². The van der Waals surface area contributed by atoms with Crippen LogP contribution < -0.4 is 9.47 Å². The summed E-state index contributed by atoms with van der Waals surface area (Å²) < 4.78 is 10.5. The van der Waals surface area contributed by atoms with Gasteiger partial charge in [-0.3, -0.25) is 0 Å². The number of methoxy groups -OCH3 is 2. The molecule has 2 nitrogen and oxygen atoms in total. The molecule has 1 aliphatic carbocycles. The van der Waals surface area contributed by atoms with E-state index in [1.54, 1.807) is 14.2 Å². The molecule has 72 valence electrons. The molecular formula is C11H12O2Zr. The van der Waals surface area contributed by atoms with Crippen molar-refractivity contribution in [1.29, 1.82) is 0 Å². The first-order chi connectivity index (χ1) is 6.36. The summed E-state index contributed by atoms with van der Waals surface area (Å²) in [6.07, 6.45) is 5.14. The van der Waals surface area contributed by atoms with Crippen molar-refractivity contribution >= 4 is 6.08 Å². The first kappa shape index (κ1) is 11.5. The second kappa shape index (κ2) is 4.79. The minimum absolute atomic E-state index is 0. The van der Waals surface area contributed by atoms with E-state index in [-0.39, 0.29) is 26.2 Å². The molecule has 0 atom stereocenters. The molecule has 0 aromatic heterocycles. The Balaban J connectivity index is 0.000000980. The maximum atomic E-state index is 5.26. The number of allylic oxidation sites excluding steroid dienone is 1. The van der Waals surface area contributed by atoms with Crippen LogP contribution in [0.15, 0.2) is 18.2 Å². The maximum Gasteiger partial charge on any atom is 0.126 e. The third-order valence-electron chi connectivity index (χ3n) is 2.32. The van der Waals surface area contributed by atoms with E-state index in [9.17, 15) is 0 Å². The first-order valence-electron chi connectivity index (χ1n) is 4.27. The van der Waals surface area contributed by atoms with Crippen LogP contribution in [-0.2, 0) is 32.6 Å². The molecule has 1 aromatic carbocycles. The van der Waals surface area contributed by atoms with Crippen molar-refractivity contribution < 1.29 is 35.7 Å². The Morgan fingerprint density at radius 1 is 1.07 bits per heavy atom. The van der Waals surface area contributed by atoms with E-state index in [0.29, 0.717) is 0 Å². The molecule has 0 unspecified atom stereocenters. The predicted octanol–water partition coefficient (Wildman–Crippen LogP) is 2.27. The Hall–Kier alpha value is -0.557. The van der Waals surface area contributed by atoms with Crippen molar-refractivity contribution in [1.82, 2.24) is 0 Å². The van der Waals surface area contributed by atoms with Crippen LogP contribution in [0.25, 0.3) is 6.08 Å². The van der Waals surface area contributed by atoms with Gasteiger partial charge in [-0.05, 0) is 18.6 Å². The fraction of sp³-hybridized carbons (Fsp3) is 0.273. The molecule has 0 fully saturated rings. The van der Waals surface area contributed by atoms with E-state index in [1.807, 2.05) is 12.1 Å². The molecular weight excluding hydrogens is 255 g/mol. The van der Waals surface area contributed by atoms with Crippen molar-refractivity contribution in [3.63, 3.8) is 0 Å². The van der Waals surface area contributed by atoms with Gasteiger partial charge in [-0.25, -0.2) is 0 Å². The van der Waals surface area contributed by atoms with Crippen molar-refractivity contribution in [3.05, 3.63) is 29.3 Å². The zero-order valence-electron chi connectivity index (χ0n) is 8.33. The topological polar surface area (TPSA) is 18.5 Å². The van der Waals surface area contributed by atoms with Crippen molar-refractivity contribution in [2.24, 2.45) is 0 Å². The van der Waals surface area contributed by atoms with Crippen LogP contribution in [0.4, 0.5) is 0 Å². The van der Waals surface area contributed by atoms with Gasteiger partial charge in [-0.15, -0.1) is 0 Å². The Labute approximate surface area is 103 Å². The number of fused-ring (bicyclic) bond motifs is 1. The second-order valence-electron chi connectivity index (χ2n) is 2.97. The molecule has 2 rings (SSSR count). The summed E-state index contributed by atoms with van der Waals surface area (Å²) >= 11 is 0. The van der Waals surface area contributed by atoms with Crippen LogP contribution >= 0.6 is 0 Å². The molecule has 0 saturated carbocycles. The molecule has 14 heavy (non-hydrogen) atoms. The zero-order valence-corrected chi connectivity index (χ0v) is 10.8. The minimum atomic E-state index is 0. The molecule has 0 N–H and O–H groups in total. The van der Waals surface area contributed by atoms with Gasteiger partial charge in [0.2, 0.25) is 0 Å². The quantitative estimate of drug-likeness (QED) is 0.818. The van der Waals surface area contributed by atoms with Crippen molar-refractivity contribution in [2.45, 2.75) is 6.42 Å². The standard InChI is InChI=1S/C11H12O2.Zr/c1-12-10-6-7-11(13-2)9-5-3-4-8(9)10;/h3-4,6-7H,5H2,1-2H3;.